The van der Waals surface area contributed by atoms with Crippen molar-refractivity contribution in [1.29, 1.82) is 0 Å². The van der Waals surface area contributed by atoms with Crippen LogP contribution in [0.5, 0.6) is 0 Å². The number of fused-ring (bicyclic) bond motifs is 1. The van der Waals surface area contributed by atoms with Crippen molar-refractivity contribution in [2.24, 2.45) is 23.2 Å². The minimum Gasteiger partial charge on any atom is -0.478 e. The Kier molecular flexibility index (Phi) is 6.12. The molecule has 0 radical (unpaired) electrons. The highest BCUT2D eigenvalue weighted by Crippen LogP contribution is 2.55. The lowest BCUT2D eigenvalue weighted by atomic mass is 9.55. The zero-order valence-electron chi connectivity index (χ0n) is 15.8. The molecule has 0 bridgehead atoms. The molecule has 0 aromatic heterocycles. The molecule has 2 aliphatic carbocycles. The summed E-state index contributed by atoms with van der Waals surface area (Å²) in [5, 5.41) is 9.35. The predicted octanol–water partition coefficient (Wildman–Crippen LogP) is 4.75. The molecule has 0 aromatic carbocycles. The summed E-state index contributed by atoms with van der Waals surface area (Å²) in [5.41, 5.74) is 1.25. The van der Waals surface area contributed by atoms with E-state index in [0.717, 1.165) is 32.1 Å². The number of carbonyl (C=O) groups is 2. The number of ether oxygens (including phenoxy) is 1. The summed E-state index contributed by atoms with van der Waals surface area (Å²) >= 11 is 0. The number of rotatable bonds is 6. The zero-order chi connectivity index (χ0) is 18.8. The summed E-state index contributed by atoms with van der Waals surface area (Å²) in [5.74, 6) is -0.799. The number of hydrogen-bond donors (Lipinski definition) is 1. The molecule has 5 atom stereocenters. The molecular weight excluding hydrogens is 316 g/mol. The second-order valence-corrected chi connectivity index (χ2v) is 8.26. The highest BCUT2D eigenvalue weighted by atomic mass is 16.5. The molecule has 2 aliphatic rings. The van der Waals surface area contributed by atoms with Crippen molar-refractivity contribution in [2.45, 2.75) is 71.8 Å². The van der Waals surface area contributed by atoms with Crippen molar-refractivity contribution in [3.63, 3.8) is 0 Å². The van der Waals surface area contributed by atoms with Crippen LogP contribution < -0.4 is 0 Å². The van der Waals surface area contributed by atoms with E-state index in [1.165, 1.54) is 5.57 Å². The Morgan fingerprint density at radius 2 is 2.08 bits per heavy atom. The van der Waals surface area contributed by atoms with Crippen molar-refractivity contribution < 1.29 is 19.4 Å². The average Bonchev–Trinajstić information content (AvgIpc) is 2.54. The Morgan fingerprint density at radius 3 is 2.68 bits per heavy atom. The number of carboxylic acids is 1. The third-order valence-electron chi connectivity index (χ3n) is 6.51. The Labute approximate surface area is 151 Å². The van der Waals surface area contributed by atoms with Crippen molar-refractivity contribution >= 4 is 11.9 Å². The molecule has 0 aromatic rings. The molecule has 25 heavy (non-hydrogen) atoms. The van der Waals surface area contributed by atoms with Crippen LogP contribution in [0.4, 0.5) is 0 Å². The maximum absolute atomic E-state index is 12.4. The van der Waals surface area contributed by atoms with Gasteiger partial charge in [-0.25, -0.2) is 4.79 Å². The molecule has 2 rings (SSSR count). The standard InChI is InChI=1S/C21H32O4/c1-6-13(2)10-19(22)25-18-12-16(15(4)20(23)24)11-17-14(3)8-7-9-21(17,18)5/h13,16-18H,3-4,6-12H2,1-2,5H3,(H,23,24)/t13-,16+,17-,18-,21-/m0/s1. The van der Waals surface area contributed by atoms with Crippen LogP contribution >= 0.6 is 0 Å². The van der Waals surface area contributed by atoms with Gasteiger partial charge in [-0.3, -0.25) is 4.79 Å². The maximum atomic E-state index is 12.4. The summed E-state index contributed by atoms with van der Waals surface area (Å²) in [4.78, 5) is 23.8. The molecule has 4 heteroatoms. The third-order valence-corrected chi connectivity index (χ3v) is 6.51. The highest BCUT2D eigenvalue weighted by Gasteiger charge is 2.51. The molecule has 0 aliphatic heterocycles. The second-order valence-electron chi connectivity index (χ2n) is 8.26. The lowest BCUT2D eigenvalue weighted by Gasteiger charge is -2.52. The topological polar surface area (TPSA) is 63.6 Å². The first-order chi connectivity index (χ1) is 11.7. The van der Waals surface area contributed by atoms with Crippen LogP contribution in [0.15, 0.2) is 24.3 Å². The summed E-state index contributed by atoms with van der Waals surface area (Å²) in [6.45, 7) is 14.3. The number of esters is 1. The molecule has 2 saturated carbocycles. The molecule has 0 unspecified atom stereocenters. The molecule has 2 fully saturated rings. The van der Waals surface area contributed by atoms with Crippen molar-refractivity contribution in [3.05, 3.63) is 24.3 Å². The lowest BCUT2D eigenvalue weighted by Crippen LogP contribution is -2.50. The van der Waals surface area contributed by atoms with Gasteiger partial charge in [-0.1, -0.05) is 45.9 Å². The fourth-order valence-corrected chi connectivity index (χ4v) is 4.52. The van der Waals surface area contributed by atoms with E-state index in [0.29, 0.717) is 18.8 Å². The van der Waals surface area contributed by atoms with E-state index in [4.69, 9.17) is 4.74 Å². The van der Waals surface area contributed by atoms with Gasteiger partial charge in [-0.2, -0.15) is 0 Å². The molecule has 1 N–H and O–H groups in total. The van der Waals surface area contributed by atoms with E-state index in [9.17, 15) is 14.7 Å². The van der Waals surface area contributed by atoms with Crippen LogP contribution in [0, 0.1) is 23.2 Å². The van der Waals surface area contributed by atoms with Gasteiger partial charge in [0.05, 0.1) is 0 Å². The molecule has 4 nitrogen and oxygen atoms in total. The number of allylic oxidation sites excluding steroid dienone is 1. The van der Waals surface area contributed by atoms with Crippen LogP contribution in [-0.4, -0.2) is 23.1 Å². The van der Waals surface area contributed by atoms with E-state index < -0.39 is 5.97 Å². The van der Waals surface area contributed by atoms with E-state index in [1.54, 1.807) is 0 Å². The lowest BCUT2D eigenvalue weighted by molar-refractivity contribution is -0.166. The molecular formula is C21H32O4. The number of carbonyl (C=O) groups excluding carboxylic acids is 1. The molecule has 0 amide bonds. The van der Waals surface area contributed by atoms with E-state index in [2.05, 4.69) is 27.0 Å². The van der Waals surface area contributed by atoms with Crippen LogP contribution in [0.2, 0.25) is 0 Å². The Morgan fingerprint density at radius 1 is 1.40 bits per heavy atom. The van der Waals surface area contributed by atoms with Gasteiger partial charge in [-0.05, 0) is 49.9 Å². The van der Waals surface area contributed by atoms with Crippen LogP contribution in [0.3, 0.4) is 0 Å². The predicted molar refractivity (Wildman–Crippen MR) is 98.0 cm³/mol. The Balaban J connectivity index is 2.23. The van der Waals surface area contributed by atoms with E-state index in [-0.39, 0.29) is 34.9 Å². The van der Waals surface area contributed by atoms with Gasteiger partial charge >= 0.3 is 11.9 Å². The SMILES string of the molecule is C=C(C(=O)O)[C@H]1C[C@H](OC(=O)C[C@@H](C)CC)[C@@]2(C)CCCC(=C)[C@@H]2C1. The molecule has 0 heterocycles. The number of aliphatic carboxylic acids is 1. The quantitative estimate of drug-likeness (QED) is 0.427. The summed E-state index contributed by atoms with van der Waals surface area (Å²) in [6, 6.07) is 0. The van der Waals surface area contributed by atoms with Gasteiger partial charge in [0, 0.05) is 17.4 Å². The average molecular weight is 348 g/mol. The van der Waals surface area contributed by atoms with Gasteiger partial charge in [0.1, 0.15) is 6.10 Å². The minimum atomic E-state index is -0.959. The first kappa shape index (κ1) is 19.7. The normalized spacial score (nSPS) is 33.2. The fraction of sp³-hybridized carbons (Fsp3) is 0.714. The highest BCUT2D eigenvalue weighted by molar-refractivity contribution is 5.86. The summed E-state index contributed by atoms with van der Waals surface area (Å²) in [6.07, 6.45) is 5.41. The van der Waals surface area contributed by atoms with E-state index in [1.807, 2.05) is 6.92 Å². The molecule has 140 valence electrons. The Hall–Kier alpha value is -1.58. The Bertz CT molecular complexity index is 564. The first-order valence-corrected chi connectivity index (χ1v) is 9.48. The smallest absolute Gasteiger partial charge is 0.331 e. The van der Waals surface area contributed by atoms with Crippen molar-refractivity contribution in [3.8, 4) is 0 Å². The third kappa shape index (κ3) is 4.16. The summed E-state index contributed by atoms with van der Waals surface area (Å²) < 4.78 is 5.93. The summed E-state index contributed by atoms with van der Waals surface area (Å²) in [7, 11) is 0. The largest absolute Gasteiger partial charge is 0.478 e. The zero-order valence-corrected chi connectivity index (χ0v) is 15.8. The minimum absolute atomic E-state index is 0.143. The first-order valence-electron chi connectivity index (χ1n) is 9.48. The van der Waals surface area contributed by atoms with Crippen molar-refractivity contribution in [2.75, 3.05) is 0 Å². The van der Waals surface area contributed by atoms with Crippen LogP contribution in [0.25, 0.3) is 0 Å². The molecule has 0 spiro atoms. The van der Waals surface area contributed by atoms with Crippen molar-refractivity contribution in [1.82, 2.24) is 0 Å². The van der Waals surface area contributed by atoms with Gasteiger partial charge in [0.2, 0.25) is 0 Å². The second kappa shape index (κ2) is 7.76. The van der Waals surface area contributed by atoms with Crippen LogP contribution in [-0.2, 0) is 14.3 Å². The van der Waals surface area contributed by atoms with Gasteiger partial charge in [0.25, 0.3) is 0 Å². The maximum Gasteiger partial charge on any atom is 0.331 e. The fourth-order valence-electron chi connectivity index (χ4n) is 4.52. The van der Waals surface area contributed by atoms with Gasteiger partial charge < -0.3 is 9.84 Å². The van der Waals surface area contributed by atoms with Crippen LogP contribution in [0.1, 0.15) is 65.7 Å². The van der Waals surface area contributed by atoms with Gasteiger partial charge in [-0.15, -0.1) is 0 Å². The number of hydrogen-bond acceptors (Lipinski definition) is 3. The molecule has 0 saturated heterocycles. The van der Waals surface area contributed by atoms with Gasteiger partial charge in [0.15, 0.2) is 0 Å². The number of carboxylic acid groups (broad SMARTS) is 1. The van der Waals surface area contributed by atoms with E-state index >= 15 is 0 Å². The monoisotopic (exact) mass is 348 g/mol.